The van der Waals surface area contributed by atoms with E-state index in [2.05, 4.69) is 0 Å². The highest BCUT2D eigenvalue weighted by molar-refractivity contribution is 5.73. The fraction of sp³-hybridized carbons (Fsp3) is 0.417. The molecule has 4 heteroatoms. The molecule has 4 nitrogen and oxygen atoms in total. The Labute approximate surface area is 167 Å². The Morgan fingerprint density at radius 1 is 0.786 bits per heavy atom. The van der Waals surface area contributed by atoms with Gasteiger partial charge in [0.2, 0.25) is 0 Å². The van der Waals surface area contributed by atoms with Gasteiger partial charge in [0, 0.05) is 12.8 Å². The van der Waals surface area contributed by atoms with Crippen molar-refractivity contribution in [2.45, 2.75) is 58.7 Å². The zero-order chi connectivity index (χ0) is 20.4. The van der Waals surface area contributed by atoms with Gasteiger partial charge in [-0.05, 0) is 29.9 Å². The van der Waals surface area contributed by atoms with E-state index >= 15 is 0 Å². The second kappa shape index (κ2) is 11.3. The van der Waals surface area contributed by atoms with Gasteiger partial charge in [-0.15, -0.1) is 0 Å². The summed E-state index contributed by atoms with van der Waals surface area (Å²) in [7, 11) is 0. The van der Waals surface area contributed by atoms with E-state index in [4.69, 9.17) is 9.47 Å². The molecule has 0 aliphatic heterocycles. The van der Waals surface area contributed by atoms with Crippen molar-refractivity contribution >= 4 is 11.9 Å². The summed E-state index contributed by atoms with van der Waals surface area (Å²) in [5.74, 6) is -0.283. The average Bonchev–Trinajstić information content (AvgIpc) is 2.71. The van der Waals surface area contributed by atoms with Gasteiger partial charge in [-0.25, -0.2) is 0 Å². The molecular formula is C24H30O4. The third-order valence-electron chi connectivity index (χ3n) is 4.64. The quantitative estimate of drug-likeness (QED) is 0.512. The first-order valence-electron chi connectivity index (χ1n) is 10.00. The number of hydrogen-bond acceptors (Lipinski definition) is 4. The summed E-state index contributed by atoms with van der Waals surface area (Å²) in [6.07, 6.45) is 1.10. The molecule has 0 bridgehead atoms. The molecule has 2 aromatic rings. The number of carbonyl (C=O) groups excluding carboxylic acids is 2. The molecule has 0 N–H and O–H groups in total. The Morgan fingerprint density at radius 2 is 1.25 bits per heavy atom. The van der Waals surface area contributed by atoms with Crippen molar-refractivity contribution in [1.82, 2.24) is 0 Å². The van der Waals surface area contributed by atoms with Crippen LogP contribution in [0.25, 0.3) is 0 Å². The Morgan fingerprint density at radius 3 is 1.68 bits per heavy atom. The summed E-state index contributed by atoms with van der Waals surface area (Å²) in [6, 6.07) is 19.3. The number of carbonyl (C=O) groups is 2. The van der Waals surface area contributed by atoms with Crippen LogP contribution in [-0.2, 0) is 19.1 Å². The molecule has 28 heavy (non-hydrogen) atoms. The molecule has 0 aliphatic rings. The van der Waals surface area contributed by atoms with E-state index in [0.29, 0.717) is 6.42 Å². The largest absolute Gasteiger partial charge is 0.462 e. The fourth-order valence-electron chi connectivity index (χ4n) is 3.07. The number of ether oxygens (including phenoxy) is 2. The van der Waals surface area contributed by atoms with E-state index in [1.54, 1.807) is 0 Å². The zero-order valence-electron chi connectivity index (χ0n) is 17.0. The molecule has 1 atom stereocenters. The van der Waals surface area contributed by atoms with E-state index in [0.717, 1.165) is 17.5 Å². The van der Waals surface area contributed by atoms with Gasteiger partial charge in [0.25, 0.3) is 0 Å². The van der Waals surface area contributed by atoms with E-state index in [1.165, 1.54) is 0 Å². The summed E-state index contributed by atoms with van der Waals surface area (Å²) in [5.41, 5.74) is 1.84. The molecular weight excluding hydrogens is 352 g/mol. The van der Waals surface area contributed by atoms with Crippen molar-refractivity contribution in [3.8, 4) is 0 Å². The van der Waals surface area contributed by atoms with Gasteiger partial charge in [-0.2, -0.15) is 0 Å². The maximum absolute atomic E-state index is 12.4. The molecule has 0 heterocycles. The monoisotopic (exact) mass is 382 g/mol. The minimum absolute atomic E-state index is 0.0695. The Kier molecular flexibility index (Phi) is 8.73. The highest BCUT2D eigenvalue weighted by atomic mass is 16.5. The first-order valence-corrected chi connectivity index (χ1v) is 10.00. The Balaban J connectivity index is 1.89. The SMILES string of the molecule is CCC(OC(=O)CCCC(=O)OC(c1ccccc1)c1ccccc1)C(C)C. The van der Waals surface area contributed by atoms with Crippen LogP contribution >= 0.6 is 0 Å². The van der Waals surface area contributed by atoms with Gasteiger partial charge < -0.3 is 9.47 Å². The van der Waals surface area contributed by atoms with Crippen molar-refractivity contribution in [2.24, 2.45) is 5.92 Å². The summed E-state index contributed by atoms with van der Waals surface area (Å²) >= 11 is 0. The van der Waals surface area contributed by atoms with Crippen molar-refractivity contribution in [3.63, 3.8) is 0 Å². The molecule has 1 unspecified atom stereocenters. The lowest BCUT2D eigenvalue weighted by molar-refractivity contribution is -0.152. The summed E-state index contributed by atoms with van der Waals surface area (Å²) in [5, 5.41) is 0. The molecule has 2 rings (SSSR count). The van der Waals surface area contributed by atoms with Gasteiger partial charge in [-0.3, -0.25) is 9.59 Å². The number of benzene rings is 2. The molecule has 0 saturated heterocycles. The predicted octanol–water partition coefficient (Wildman–Crippen LogP) is 5.47. The normalized spacial score (nSPS) is 12.0. The van der Waals surface area contributed by atoms with Crippen LogP contribution in [0, 0.1) is 5.92 Å². The number of esters is 2. The molecule has 0 aromatic heterocycles. The van der Waals surface area contributed by atoms with Crippen molar-refractivity contribution in [3.05, 3.63) is 71.8 Å². The molecule has 2 aromatic carbocycles. The predicted molar refractivity (Wildman–Crippen MR) is 110 cm³/mol. The standard InChI is InChI=1S/C24H30O4/c1-4-21(18(2)3)27-22(25)16-11-17-23(26)28-24(19-12-7-5-8-13-19)20-14-9-6-10-15-20/h5-10,12-15,18,21,24H,4,11,16-17H2,1-3H3. The van der Waals surface area contributed by atoms with Crippen LogP contribution in [0.5, 0.6) is 0 Å². The third kappa shape index (κ3) is 6.84. The van der Waals surface area contributed by atoms with E-state index in [9.17, 15) is 9.59 Å². The number of rotatable bonds is 10. The average molecular weight is 383 g/mol. The maximum Gasteiger partial charge on any atom is 0.306 e. The van der Waals surface area contributed by atoms with Crippen molar-refractivity contribution < 1.29 is 19.1 Å². The summed E-state index contributed by atoms with van der Waals surface area (Å²) in [6.45, 7) is 6.07. The van der Waals surface area contributed by atoms with E-state index < -0.39 is 6.10 Å². The lowest BCUT2D eigenvalue weighted by atomic mass is 10.0. The minimum Gasteiger partial charge on any atom is -0.462 e. The van der Waals surface area contributed by atoms with Gasteiger partial charge in [0.05, 0.1) is 0 Å². The van der Waals surface area contributed by atoms with Crippen LogP contribution < -0.4 is 0 Å². The molecule has 0 fully saturated rings. The molecule has 0 radical (unpaired) electrons. The zero-order valence-corrected chi connectivity index (χ0v) is 17.0. The van der Waals surface area contributed by atoms with Gasteiger partial charge >= 0.3 is 11.9 Å². The number of hydrogen-bond donors (Lipinski definition) is 0. The summed E-state index contributed by atoms with van der Waals surface area (Å²) in [4.78, 5) is 24.4. The molecule has 0 saturated carbocycles. The first-order chi connectivity index (χ1) is 13.5. The van der Waals surface area contributed by atoms with Crippen LogP contribution in [0.3, 0.4) is 0 Å². The van der Waals surface area contributed by atoms with Crippen LogP contribution in [0.4, 0.5) is 0 Å². The molecule has 0 aliphatic carbocycles. The maximum atomic E-state index is 12.4. The smallest absolute Gasteiger partial charge is 0.306 e. The highest BCUT2D eigenvalue weighted by Gasteiger charge is 2.20. The van der Waals surface area contributed by atoms with Crippen LogP contribution in [0.2, 0.25) is 0 Å². The molecule has 0 spiro atoms. The highest BCUT2D eigenvalue weighted by Crippen LogP contribution is 2.26. The molecule has 150 valence electrons. The van der Waals surface area contributed by atoms with Gasteiger partial charge in [0.1, 0.15) is 6.10 Å². The van der Waals surface area contributed by atoms with Crippen LogP contribution in [0.15, 0.2) is 60.7 Å². The first kappa shape index (κ1) is 21.7. The van der Waals surface area contributed by atoms with Crippen LogP contribution in [0.1, 0.15) is 63.7 Å². The Bertz CT molecular complexity index is 685. The minimum atomic E-state index is -0.452. The Hall–Kier alpha value is -2.62. The second-order valence-corrected chi connectivity index (χ2v) is 7.23. The van der Waals surface area contributed by atoms with Gasteiger partial charge in [0.15, 0.2) is 6.10 Å². The third-order valence-corrected chi connectivity index (χ3v) is 4.64. The molecule has 0 amide bonds. The fourth-order valence-corrected chi connectivity index (χ4v) is 3.07. The lowest BCUT2D eigenvalue weighted by Gasteiger charge is -2.20. The summed E-state index contributed by atoms with van der Waals surface area (Å²) < 4.78 is 11.2. The topological polar surface area (TPSA) is 52.6 Å². The van der Waals surface area contributed by atoms with E-state index in [-0.39, 0.29) is 36.8 Å². The van der Waals surface area contributed by atoms with Crippen molar-refractivity contribution in [2.75, 3.05) is 0 Å². The van der Waals surface area contributed by atoms with Crippen molar-refractivity contribution in [1.29, 1.82) is 0 Å². The van der Waals surface area contributed by atoms with Crippen LogP contribution in [-0.4, -0.2) is 18.0 Å². The van der Waals surface area contributed by atoms with Gasteiger partial charge in [-0.1, -0.05) is 81.4 Å². The second-order valence-electron chi connectivity index (χ2n) is 7.23. The lowest BCUT2D eigenvalue weighted by Crippen LogP contribution is -2.22. The van der Waals surface area contributed by atoms with E-state index in [1.807, 2.05) is 81.4 Å².